The van der Waals surface area contributed by atoms with Gasteiger partial charge in [0.15, 0.2) is 0 Å². The Morgan fingerprint density at radius 1 is 1.06 bits per heavy atom. The molecule has 0 amide bonds. The van der Waals surface area contributed by atoms with Gasteiger partial charge in [-0.15, -0.1) is 11.3 Å². The molecule has 2 aromatic rings. The molecular weight excluding hydrogens is 216 g/mol. The van der Waals surface area contributed by atoms with E-state index in [0.29, 0.717) is 0 Å². The fourth-order valence-corrected chi connectivity index (χ4v) is 2.66. The standard InChI is InChI=1S/C13H16N2S/c1-9-8-10(2)15-14-7-6-12(9)13-5-4-11(3)16-13/h4-8,14-15H,1-3H3. The van der Waals surface area contributed by atoms with Crippen LogP contribution in [0, 0.1) is 20.8 Å². The average molecular weight is 232 g/mol. The minimum absolute atomic E-state index is 1.12. The molecule has 0 saturated carbocycles. The highest BCUT2D eigenvalue weighted by Gasteiger charge is 2.02. The van der Waals surface area contributed by atoms with Gasteiger partial charge in [0.2, 0.25) is 0 Å². The van der Waals surface area contributed by atoms with Crippen molar-refractivity contribution in [2.24, 2.45) is 0 Å². The molecule has 0 saturated heterocycles. The maximum absolute atomic E-state index is 3.09. The Hall–Kier alpha value is -1.48. The molecule has 2 heterocycles. The predicted molar refractivity (Wildman–Crippen MR) is 70.3 cm³/mol. The van der Waals surface area contributed by atoms with Crippen LogP contribution < -0.4 is 0 Å². The number of thiophene rings is 1. The summed E-state index contributed by atoms with van der Waals surface area (Å²) in [5, 5.41) is 6.12. The molecule has 2 rings (SSSR count). The number of H-pyrrole nitrogens is 2. The third kappa shape index (κ3) is 2.36. The van der Waals surface area contributed by atoms with Crippen molar-refractivity contribution in [2.75, 3.05) is 0 Å². The van der Waals surface area contributed by atoms with E-state index in [1.54, 1.807) is 0 Å². The van der Waals surface area contributed by atoms with E-state index in [-0.39, 0.29) is 0 Å². The first-order chi connectivity index (χ1) is 7.66. The van der Waals surface area contributed by atoms with Gasteiger partial charge in [-0.25, -0.2) is 0 Å². The second-order valence-corrected chi connectivity index (χ2v) is 5.22. The average Bonchev–Trinajstić information content (AvgIpc) is 2.61. The summed E-state index contributed by atoms with van der Waals surface area (Å²) >= 11 is 1.83. The van der Waals surface area contributed by atoms with E-state index in [0.717, 1.165) is 5.69 Å². The summed E-state index contributed by atoms with van der Waals surface area (Å²) in [6.45, 7) is 6.33. The summed E-state index contributed by atoms with van der Waals surface area (Å²) in [6, 6.07) is 8.61. The largest absolute Gasteiger partial charge is 0.308 e. The topological polar surface area (TPSA) is 31.6 Å². The molecule has 2 N–H and O–H groups in total. The molecule has 0 aliphatic rings. The third-order valence-electron chi connectivity index (χ3n) is 2.47. The number of aromatic nitrogens is 2. The maximum Gasteiger partial charge on any atom is 0.0348 e. The zero-order valence-corrected chi connectivity index (χ0v) is 10.6. The molecule has 16 heavy (non-hydrogen) atoms. The van der Waals surface area contributed by atoms with E-state index < -0.39 is 0 Å². The second kappa shape index (κ2) is 4.58. The Balaban J connectivity index is 2.61. The lowest BCUT2D eigenvalue weighted by atomic mass is 10.1. The molecule has 0 spiro atoms. The lowest BCUT2D eigenvalue weighted by Gasteiger charge is -2.01. The van der Waals surface area contributed by atoms with Crippen molar-refractivity contribution in [1.29, 1.82) is 0 Å². The van der Waals surface area contributed by atoms with Crippen LogP contribution in [0.2, 0.25) is 0 Å². The van der Waals surface area contributed by atoms with Crippen LogP contribution >= 0.6 is 11.3 Å². The zero-order valence-electron chi connectivity index (χ0n) is 9.79. The van der Waals surface area contributed by atoms with Crippen LogP contribution in [0.1, 0.15) is 16.1 Å². The number of hydrogen-bond acceptors (Lipinski definition) is 1. The molecule has 0 unspecified atom stereocenters. The highest BCUT2D eigenvalue weighted by atomic mass is 32.1. The first kappa shape index (κ1) is 11.0. The molecule has 0 bridgehead atoms. The Labute approximate surface area is 99.7 Å². The Bertz CT molecular complexity index is 530. The van der Waals surface area contributed by atoms with Gasteiger partial charge in [0.25, 0.3) is 0 Å². The van der Waals surface area contributed by atoms with Gasteiger partial charge in [0.05, 0.1) is 0 Å². The van der Waals surface area contributed by atoms with Crippen molar-refractivity contribution in [1.82, 2.24) is 10.2 Å². The fraction of sp³-hybridized carbons (Fsp3) is 0.231. The summed E-state index contributed by atoms with van der Waals surface area (Å²) in [7, 11) is 0. The minimum Gasteiger partial charge on any atom is -0.308 e. The highest BCUT2D eigenvalue weighted by molar-refractivity contribution is 7.15. The third-order valence-corrected chi connectivity index (χ3v) is 3.50. The quantitative estimate of drug-likeness (QED) is 0.741. The molecule has 0 aliphatic heterocycles. The Morgan fingerprint density at radius 2 is 1.88 bits per heavy atom. The predicted octanol–water partition coefficient (Wildman–Crippen LogP) is 4.12. The number of aryl methyl sites for hydroxylation is 3. The van der Waals surface area contributed by atoms with Gasteiger partial charge >= 0.3 is 0 Å². The summed E-state index contributed by atoms with van der Waals surface area (Å²) in [5.74, 6) is 0. The number of aromatic amines is 2. The molecular formula is C13H16N2S. The van der Waals surface area contributed by atoms with Crippen molar-refractivity contribution in [3.63, 3.8) is 0 Å². The number of rotatable bonds is 1. The molecule has 0 fully saturated rings. The summed E-state index contributed by atoms with van der Waals surface area (Å²) in [4.78, 5) is 2.66. The van der Waals surface area contributed by atoms with Gasteiger partial charge in [0.1, 0.15) is 0 Å². The van der Waals surface area contributed by atoms with Crippen molar-refractivity contribution >= 4 is 11.3 Å². The van der Waals surface area contributed by atoms with E-state index in [4.69, 9.17) is 0 Å². The number of hydrogen-bond donors (Lipinski definition) is 2. The molecule has 3 heteroatoms. The lowest BCUT2D eigenvalue weighted by molar-refractivity contribution is 0.992. The normalized spacial score (nSPS) is 10.2. The molecule has 2 aromatic heterocycles. The molecule has 0 atom stereocenters. The van der Waals surface area contributed by atoms with Crippen LogP contribution in [0.5, 0.6) is 0 Å². The van der Waals surface area contributed by atoms with Crippen molar-refractivity contribution < 1.29 is 0 Å². The zero-order chi connectivity index (χ0) is 11.5. The Kier molecular flexibility index (Phi) is 3.15. The van der Waals surface area contributed by atoms with Crippen LogP contribution in [-0.4, -0.2) is 10.2 Å². The minimum atomic E-state index is 1.12. The Morgan fingerprint density at radius 3 is 2.56 bits per heavy atom. The molecule has 0 radical (unpaired) electrons. The lowest BCUT2D eigenvalue weighted by Crippen LogP contribution is -1.84. The summed E-state index contributed by atoms with van der Waals surface area (Å²) < 4.78 is 0. The number of nitrogens with one attached hydrogen (secondary N) is 2. The van der Waals surface area contributed by atoms with Gasteiger partial charge in [-0.05, 0) is 56.2 Å². The van der Waals surface area contributed by atoms with E-state index in [2.05, 4.69) is 48.3 Å². The van der Waals surface area contributed by atoms with Gasteiger partial charge < -0.3 is 10.2 Å². The monoisotopic (exact) mass is 232 g/mol. The molecule has 84 valence electrons. The van der Waals surface area contributed by atoms with E-state index in [9.17, 15) is 0 Å². The first-order valence-electron chi connectivity index (χ1n) is 5.31. The highest BCUT2D eigenvalue weighted by Crippen LogP contribution is 2.29. The van der Waals surface area contributed by atoms with Gasteiger partial charge in [-0.2, -0.15) is 0 Å². The fourth-order valence-electron chi connectivity index (χ4n) is 1.71. The van der Waals surface area contributed by atoms with Crippen molar-refractivity contribution in [3.8, 4) is 10.4 Å². The van der Waals surface area contributed by atoms with Crippen LogP contribution in [0.15, 0.2) is 30.5 Å². The van der Waals surface area contributed by atoms with Crippen LogP contribution in [-0.2, 0) is 0 Å². The SMILES string of the molecule is Cc1cc(C)c(-c2ccc(C)s2)cc[nH][nH]1. The van der Waals surface area contributed by atoms with Gasteiger partial charge in [0, 0.05) is 21.6 Å². The van der Waals surface area contributed by atoms with Crippen LogP contribution in [0.3, 0.4) is 0 Å². The van der Waals surface area contributed by atoms with Crippen molar-refractivity contribution in [3.05, 3.63) is 46.6 Å². The van der Waals surface area contributed by atoms with E-state index in [1.807, 2.05) is 24.5 Å². The van der Waals surface area contributed by atoms with Crippen molar-refractivity contribution in [2.45, 2.75) is 20.8 Å². The smallest absolute Gasteiger partial charge is 0.0348 e. The first-order valence-corrected chi connectivity index (χ1v) is 6.12. The van der Waals surface area contributed by atoms with Crippen LogP contribution in [0.25, 0.3) is 10.4 Å². The van der Waals surface area contributed by atoms with Gasteiger partial charge in [-0.1, -0.05) is 0 Å². The second-order valence-electron chi connectivity index (χ2n) is 3.94. The molecule has 0 aliphatic carbocycles. The summed E-state index contributed by atoms with van der Waals surface area (Å²) in [5.41, 5.74) is 3.68. The van der Waals surface area contributed by atoms with E-state index in [1.165, 1.54) is 20.9 Å². The van der Waals surface area contributed by atoms with Crippen LogP contribution in [0.4, 0.5) is 0 Å². The van der Waals surface area contributed by atoms with Gasteiger partial charge in [-0.3, -0.25) is 0 Å². The molecule has 2 nitrogen and oxygen atoms in total. The maximum atomic E-state index is 3.09. The van der Waals surface area contributed by atoms with E-state index >= 15 is 0 Å². The molecule has 0 aromatic carbocycles. The summed E-state index contributed by atoms with van der Waals surface area (Å²) in [6.07, 6.45) is 1.93.